The van der Waals surface area contributed by atoms with Crippen molar-refractivity contribution in [3.8, 4) is 0 Å². The molecule has 0 N–H and O–H groups in total. The molecule has 1 aromatic carbocycles. The minimum absolute atomic E-state index is 0.543. The summed E-state index contributed by atoms with van der Waals surface area (Å²) in [4.78, 5) is 2.05. The highest BCUT2D eigenvalue weighted by atomic mass is 19.4. The van der Waals surface area contributed by atoms with Crippen molar-refractivity contribution in [3.63, 3.8) is 0 Å². The van der Waals surface area contributed by atoms with Gasteiger partial charge in [0.25, 0.3) is 0 Å². The van der Waals surface area contributed by atoms with Gasteiger partial charge in [0.2, 0.25) is 0 Å². The van der Waals surface area contributed by atoms with Gasteiger partial charge < -0.3 is 4.90 Å². The highest BCUT2D eigenvalue weighted by Crippen LogP contribution is 2.33. The molecule has 0 bridgehead atoms. The second-order valence-electron chi connectivity index (χ2n) is 4.60. The molecule has 0 aliphatic carbocycles. The van der Waals surface area contributed by atoms with Crippen molar-refractivity contribution < 1.29 is 13.2 Å². The fraction of sp³-hybridized carbons (Fsp3) is 0.538. The zero-order valence-corrected chi connectivity index (χ0v) is 9.85. The third kappa shape index (κ3) is 2.93. The van der Waals surface area contributed by atoms with Crippen LogP contribution in [0.1, 0.15) is 30.4 Å². The number of aryl methyl sites for hydroxylation is 1. The molecule has 94 valence electrons. The fourth-order valence-corrected chi connectivity index (χ4v) is 2.26. The lowest BCUT2D eigenvalue weighted by Gasteiger charge is -2.29. The molecule has 1 heterocycles. The van der Waals surface area contributed by atoms with E-state index in [1.165, 1.54) is 18.6 Å². The molecule has 0 spiro atoms. The summed E-state index contributed by atoms with van der Waals surface area (Å²) >= 11 is 0. The average Bonchev–Trinajstić information content (AvgIpc) is 2.28. The molecule has 1 fully saturated rings. The van der Waals surface area contributed by atoms with E-state index in [0.29, 0.717) is 11.3 Å². The molecule has 0 saturated carbocycles. The first kappa shape index (κ1) is 12.3. The maximum Gasteiger partial charge on any atom is 0.416 e. The minimum Gasteiger partial charge on any atom is -0.372 e. The normalized spacial score (nSPS) is 17.3. The Bertz CT molecular complexity index is 392. The Balaban J connectivity index is 2.31. The molecule has 1 nitrogen and oxygen atoms in total. The van der Waals surface area contributed by atoms with Gasteiger partial charge in [-0.3, -0.25) is 0 Å². The number of hydrogen-bond donors (Lipinski definition) is 0. The molecule has 0 radical (unpaired) electrons. The average molecular weight is 243 g/mol. The Morgan fingerprint density at radius 2 is 1.65 bits per heavy atom. The third-order valence-electron chi connectivity index (χ3n) is 3.11. The van der Waals surface area contributed by atoms with Gasteiger partial charge in [-0.1, -0.05) is 0 Å². The van der Waals surface area contributed by atoms with E-state index < -0.39 is 11.7 Å². The molecule has 1 aliphatic rings. The number of anilines is 1. The Morgan fingerprint density at radius 3 is 2.24 bits per heavy atom. The van der Waals surface area contributed by atoms with E-state index >= 15 is 0 Å². The van der Waals surface area contributed by atoms with Crippen LogP contribution < -0.4 is 4.90 Å². The SMILES string of the molecule is Cc1cc(N2CCCCC2)cc(C(F)(F)F)c1. The number of halogens is 3. The molecule has 17 heavy (non-hydrogen) atoms. The molecule has 1 saturated heterocycles. The van der Waals surface area contributed by atoms with Crippen LogP contribution in [0.4, 0.5) is 18.9 Å². The molecule has 1 aliphatic heterocycles. The van der Waals surface area contributed by atoms with E-state index in [4.69, 9.17) is 0 Å². The van der Waals surface area contributed by atoms with Crippen molar-refractivity contribution in [2.24, 2.45) is 0 Å². The standard InChI is InChI=1S/C13H16F3N/c1-10-7-11(13(14,15)16)9-12(8-10)17-5-3-2-4-6-17/h7-9H,2-6H2,1H3. The van der Waals surface area contributed by atoms with E-state index in [9.17, 15) is 13.2 Å². The first-order chi connectivity index (χ1) is 7.97. The van der Waals surface area contributed by atoms with E-state index in [-0.39, 0.29) is 0 Å². The topological polar surface area (TPSA) is 3.24 Å². The van der Waals surface area contributed by atoms with Gasteiger partial charge in [-0.15, -0.1) is 0 Å². The van der Waals surface area contributed by atoms with Gasteiger partial charge in [-0.05, 0) is 49.9 Å². The molecule has 2 rings (SSSR count). The second kappa shape index (κ2) is 4.59. The zero-order valence-electron chi connectivity index (χ0n) is 9.85. The lowest BCUT2D eigenvalue weighted by molar-refractivity contribution is -0.137. The van der Waals surface area contributed by atoms with Gasteiger partial charge in [-0.2, -0.15) is 13.2 Å². The number of piperidine rings is 1. The van der Waals surface area contributed by atoms with E-state index in [1.807, 2.05) is 11.0 Å². The lowest BCUT2D eigenvalue weighted by Crippen LogP contribution is -2.29. The van der Waals surface area contributed by atoms with Gasteiger partial charge in [0.1, 0.15) is 0 Å². The van der Waals surface area contributed by atoms with Crippen LogP contribution in [0.15, 0.2) is 18.2 Å². The number of rotatable bonds is 1. The summed E-state index contributed by atoms with van der Waals surface area (Å²) in [6, 6.07) is 4.30. The molecule has 0 atom stereocenters. The van der Waals surface area contributed by atoms with Crippen LogP contribution in [0.2, 0.25) is 0 Å². The summed E-state index contributed by atoms with van der Waals surface area (Å²) in [7, 11) is 0. The molecule has 4 heteroatoms. The largest absolute Gasteiger partial charge is 0.416 e. The third-order valence-corrected chi connectivity index (χ3v) is 3.11. The quantitative estimate of drug-likeness (QED) is 0.720. The molecule has 0 aromatic heterocycles. The van der Waals surface area contributed by atoms with E-state index in [2.05, 4.69) is 0 Å². The summed E-state index contributed by atoms with van der Waals surface area (Å²) in [6.07, 6.45) is -0.949. The summed E-state index contributed by atoms with van der Waals surface area (Å²) in [6.45, 7) is 3.43. The fourth-order valence-electron chi connectivity index (χ4n) is 2.26. The summed E-state index contributed by atoms with van der Waals surface area (Å²) in [5.41, 5.74) is 0.829. The van der Waals surface area contributed by atoms with Crippen molar-refractivity contribution in [1.82, 2.24) is 0 Å². The van der Waals surface area contributed by atoms with Crippen LogP contribution in [-0.2, 0) is 6.18 Å². The van der Waals surface area contributed by atoms with Crippen LogP contribution in [-0.4, -0.2) is 13.1 Å². The van der Waals surface area contributed by atoms with Gasteiger partial charge in [0.15, 0.2) is 0 Å². The summed E-state index contributed by atoms with van der Waals surface area (Å²) in [5.74, 6) is 0. The van der Waals surface area contributed by atoms with Crippen LogP contribution in [0, 0.1) is 6.92 Å². The maximum atomic E-state index is 12.7. The summed E-state index contributed by atoms with van der Waals surface area (Å²) < 4.78 is 38.1. The molecule has 0 unspecified atom stereocenters. The second-order valence-corrected chi connectivity index (χ2v) is 4.60. The van der Waals surface area contributed by atoms with E-state index in [0.717, 1.165) is 25.9 Å². The van der Waals surface area contributed by atoms with E-state index in [1.54, 1.807) is 6.92 Å². The minimum atomic E-state index is -4.25. The molecule has 0 amide bonds. The van der Waals surface area contributed by atoms with Crippen molar-refractivity contribution in [1.29, 1.82) is 0 Å². The monoisotopic (exact) mass is 243 g/mol. The zero-order chi connectivity index (χ0) is 12.5. The molecular formula is C13H16F3N. The molecular weight excluding hydrogens is 227 g/mol. The number of nitrogens with zero attached hydrogens (tertiary/aromatic N) is 1. The highest BCUT2D eigenvalue weighted by molar-refractivity contribution is 5.52. The van der Waals surface area contributed by atoms with Crippen molar-refractivity contribution in [2.45, 2.75) is 32.4 Å². The Kier molecular flexibility index (Phi) is 3.31. The maximum absolute atomic E-state index is 12.7. The van der Waals surface area contributed by atoms with Gasteiger partial charge >= 0.3 is 6.18 Å². The Hall–Kier alpha value is -1.19. The van der Waals surface area contributed by atoms with Gasteiger partial charge in [0, 0.05) is 18.8 Å². The smallest absolute Gasteiger partial charge is 0.372 e. The summed E-state index contributed by atoms with van der Waals surface area (Å²) in [5, 5.41) is 0. The van der Waals surface area contributed by atoms with Gasteiger partial charge in [0.05, 0.1) is 5.56 Å². The lowest BCUT2D eigenvalue weighted by atomic mass is 10.1. The van der Waals surface area contributed by atoms with Crippen LogP contribution >= 0.6 is 0 Å². The van der Waals surface area contributed by atoms with Crippen molar-refractivity contribution in [2.75, 3.05) is 18.0 Å². The van der Waals surface area contributed by atoms with Gasteiger partial charge in [-0.25, -0.2) is 0 Å². The highest BCUT2D eigenvalue weighted by Gasteiger charge is 2.31. The predicted molar refractivity (Wildman–Crippen MR) is 62.2 cm³/mol. The van der Waals surface area contributed by atoms with Crippen LogP contribution in [0.25, 0.3) is 0 Å². The Morgan fingerprint density at radius 1 is 1.00 bits per heavy atom. The first-order valence-corrected chi connectivity index (χ1v) is 5.91. The first-order valence-electron chi connectivity index (χ1n) is 5.91. The predicted octanol–water partition coefficient (Wildman–Crippen LogP) is 4.00. The van der Waals surface area contributed by atoms with Crippen molar-refractivity contribution in [3.05, 3.63) is 29.3 Å². The van der Waals surface area contributed by atoms with Crippen molar-refractivity contribution >= 4 is 5.69 Å². The van der Waals surface area contributed by atoms with Crippen LogP contribution in [0.5, 0.6) is 0 Å². The number of alkyl halides is 3. The molecule has 1 aromatic rings. The Labute approximate surface area is 99.2 Å². The number of hydrogen-bond acceptors (Lipinski definition) is 1. The number of benzene rings is 1. The van der Waals surface area contributed by atoms with Crippen LogP contribution in [0.3, 0.4) is 0 Å².